The SMILES string of the molecule is CCCCCCCC(CC)CNCCC. The van der Waals surface area contributed by atoms with E-state index in [1.54, 1.807) is 0 Å². The highest BCUT2D eigenvalue weighted by Crippen LogP contribution is 2.13. The van der Waals surface area contributed by atoms with Gasteiger partial charge in [0.25, 0.3) is 0 Å². The molecule has 0 aromatic rings. The molecule has 1 heteroatoms. The second kappa shape index (κ2) is 12.0. The summed E-state index contributed by atoms with van der Waals surface area (Å²) >= 11 is 0. The van der Waals surface area contributed by atoms with E-state index in [1.807, 2.05) is 0 Å². The first-order valence-electron chi connectivity index (χ1n) is 7.05. The monoisotopic (exact) mass is 213 g/mol. The maximum absolute atomic E-state index is 3.54. The fraction of sp³-hybridized carbons (Fsp3) is 1.00. The number of hydrogen-bond acceptors (Lipinski definition) is 1. The Kier molecular flexibility index (Phi) is 12.0. The van der Waals surface area contributed by atoms with Gasteiger partial charge < -0.3 is 5.32 Å². The van der Waals surface area contributed by atoms with E-state index in [1.165, 1.54) is 64.5 Å². The van der Waals surface area contributed by atoms with Gasteiger partial charge in [-0.2, -0.15) is 0 Å². The minimum Gasteiger partial charge on any atom is -0.316 e. The van der Waals surface area contributed by atoms with Crippen LogP contribution in [0.25, 0.3) is 0 Å². The van der Waals surface area contributed by atoms with E-state index in [0.717, 1.165) is 5.92 Å². The molecule has 0 amide bonds. The summed E-state index contributed by atoms with van der Waals surface area (Å²) < 4.78 is 0. The maximum Gasteiger partial charge on any atom is -0.00206 e. The van der Waals surface area contributed by atoms with Crippen LogP contribution in [0.4, 0.5) is 0 Å². The van der Waals surface area contributed by atoms with Crippen LogP contribution in [0.5, 0.6) is 0 Å². The van der Waals surface area contributed by atoms with Crippen molar-refractivity contribution < 1.29 is 0 Å². The molecule has 0 bridgehead atoms. The van der Waals surface area contributed by atoms with Crippen LogP contribution < -0.4 is 5.32 Å². The third-order valence-electron chi connectivity index (χ3n) is 3.15. The van der Waals surface area contributed by atoms with Gasteiger partial charge in [-0.3, -0.25) is 0 Å². The Bertz CT molecular complexity index is 112. The van der Waals surface area contributed by atoms with Gasteiger partial charge in [0.05, 0.1) is 0 Å². The molecule has 0 rings (SSSR count). The summed E-state index contributed by atoms with van der Waals surface area (Å²) in [5.74, 6) is 0.915. The van der Waals surface area contributed by atoms with Gasteiger partial charge in [-0.05, 0) is 31.8 Å². The zero-order valence-corrected chi connectivity index (χ0v) is 11.1. The first kappa shape index (κ1) is 15.0. The molecular weight excluding hydrogens is 182 g/mol. The lowest BCUT2D eigenvalue weighted by molar-refractivity contribution is 0.412. The minimum atomic E-state index is 0.915. The molecule has 0 radical (unpaired) electrons. The van der Waals surface area contributed by atoms with Crippen LogP contribution in [0.2, 0.25) is 0 Å². The van der Waals surface area contributed by atoms with Crippen LogP contribution >= 0.6 is 0 Å². The molecule has 0 aromatic heterocycles. The van der Waals surface area contributed by atoms with Crippen molar-refractivity contribution in [1.82, 2.24) is 5.32 Å². The highest BCUT2D eigenvalue weighted by atomic mass is 14.8. The van der Waals surface area contributed by atoms with Crippen LogP contribution in [-0.4, -0.2) is 13.1 Å². The second-order valence-corrected chi connectivity index (χ2v) is 4.68. The topological polar surface area (TPSA) is 12.0 Å². The molecule has 0 aliphatic rings. The summed E-state index contributed by atoms with van der Waals surface area (Å²) in [4.78, 5) is 0. The largest absolute Gasteiger partial charge is 0.316 e. The highest BCUT2D eigenvalue weighted by molar-refractivity contribution is 4.61. The van der Waals surface area contributed by atoms with Gasteiger partial charge in [-0.1, -0.05) is 59.3 Å². The van der Waals surface area contributed by atoms with E-state index < -0.39 is 0 Å². The molecule has 0 aliphatic heterocycles. The van der Waals surface area contributed by atoms with Gasteiger partial charge in [0.2, 0.25) is 0 Å². The van der Waals surface area contributed by atoms with Gasteiger partial charge in [0, 0.05) is 0 Å². The van der Waals surface area contributed by atoms with E-state index in [9.17, 15) is 0 Å². The Morgan fingerprint density at radius 1 is 0.867 bits per heavy atom. The van der Waals surface area contributed by atoms with E-state index in [-0.39, 0.29) is 0 Å². The molecule has 0 aromatic carbocycles. The Hall–Kier alpha value is -0.0400. The average Bonchev–Trinajstić information content (AvgIpc) is 2.26. The average molecular weight is 213 g/mol. The van der Waals surface area contributed by atoms with Crippen molar-refractivity contribution >= 4 is 0 Å². The third-order valence-corrected chi connectivity index (χ3v) is 3.15. The van der Waals surface area contributed by atoms with Crippen molar-refractivity contribution in [1.29, 1.82) is 0 Å². The van der Waals surface area contributed by atoms with Gasteiger partial charge >= 0.3 is 0 Å². The summed E-state index contributed by atoms with van der Waals surface area (Å²) in [6.45, 7) is 9.26. The first-order valence-corrected chi connectivity index (χ1v) is 7.05. The molecule has 0 heterocycles. The quantitative estimate of drug-likeness (QED) is 0.502. The van der Waals surface area contributed by atoms with E-state index >= 15 is 0 Å². The summed E-state index contributed by atoms with van der Waals surface area (Å²) in [5.41, 5.74) is 0. The molecule has 0 aliphatic carbocycles. The lowest BCUT2D eigenvalue weighted by atomic mass is 9.98. The number of unbranched alkanes of at least 4 members (excludes halogenated alkanes) is 4. The highest BCUT2D eigenvalue weighted by Gasteiger charge is 2.04. The van der Waals surface area contributed by atoms with Crippen molar-refractivity contribution in [2.24, 2.45) is 5.92 Å². The zero-order valence-electron chi connectivity index (χ0n) is 11.1. The normalized spacial score (nSPS) is 13.0. The standard InChI is InChI=1S/C14H31N/c1-4-7-8-9-10-11-14(6-3)13-15-12-5-2/h14-15H,4-13H2,1-3H3. The Morgan fingerprint density at radius 3 is 2.20 bits per heavy atom. The number of rotatable bonds is 11. The molecule has 1 nitrogen and oxygen atoms in total. The molecule has 1 unspecified atom stereocenters. The van der Waals surface area contributed by atoms with Gasteiger partial charge in [0.1, 0.15) is 0 Å². The van der Waals surface area contributed by atoms with Gasteiger partial charge in [0.15, 0.2) is 0 Å². The summed E-state index contributed by atoms with van der Waals surface area (Å²) in [6, 6.07) is 0. The zero-order chi connectivity index (χ0) is 11.4. The molecule has 0 saturated heterocycles. The summed E-state index contributed by atoms with van der Waals surface area (Å²) in [6.07, 6.45) is 11.1. The third kappa shape index (κ3) is 10.2. The van der Waals surface area contributed by atoms with Crippen LogP contribution in [0, 0.1) is 5.92 Å². The molecule has 1 N–H and O–H groups in total. The number of hydrogen-bond donors (Lipinski definition) is 1. The second-order valence-electron chi connectivity index (χ2n) is 4.68. The van der Waals surface area contributed by atoms with Crippen molar-refractivity contribution in [2.45, 2.75) is 72.1 Å². The number of nitrogens with one attached hydrogen (secondary N) is 1. The predicted octanol–water partition coefficient (Wildman–Crippen LogP) is 4.37. The lowest BCUT2D eigenvalue weighted by Gasteiger charge is -2.15. The van der Waals surface area contributed by atoms with E-state index in [4.69, 9.17) is 0 Å². The summed E-state index contributed by atoms with van der Waals surface area (Å²) in [5, 5.41) is 3.54. The fourth-order valence-corrected chi connectivity index (χ4v) is 1.97. The summed E-state index contributed by atoms with van der Waals surface area (Å²) in [7, 11) is 0. The smallest absolute Gasteiger partial charge is 0.00206 e. The molecule has 15 heavy (non-hydrogen) atoms. The fourth-order valence-electron chi connectivity index (χ4n) is 1.97. The predicted molar refractivity (Wildman–Crippen MR) is 70.3 cm³/mol. The van der Waals surface area contributed by atoms with Crippen LogP contribution in [0.15, 0.2) is 0 Å². The van der Waals surface area contributed by atoms with Crippen LogP contribution in [0.3, 0.4) is 0 Å². The first-order chi connectivity index (χ1) is 7.35. The van der Waals surface area contributed by atoms with Crippen molar-refractivity contribution in [2.75, 3.05) is 13.1 Å². The van der Waals surface area contributed by atoms with E-state index in [0.29, 0.717) is 0 Å². The Morgan fingerprint density at radius 2 is 1.60 bits per heavy atom. The molecule has 0 spiro atoms. The van der Waals surface area contributed by atoms with Crippen molar-refractivity contribution in [3.63, 3.8) is 0 Å². The maximum atomic E-state index is 3.54. The van der Waals surface area contributed by atoms with Gasteiger partial charge in [-0.15, -0.1) is 0 Å². The van der Waals surface area contributed by atoms with Gasteiger partial charge in [-0.25, -0.2) is 0 Å². The van der Waals surface area contributed by atoms with E-state index in [2.05, 4.69) is 26.1 Å². The Balaban J connectivity index is 3.28. The molecule has 1 atom stereocenters. The lowest BCUT2D eigenvalue weighted by Crippen LogP contribution is -2.23. The minimum absolute atomic E-state index is 0.915. The van der Waals surface area contributed by atoms with Crippen LogP contribution in [-0.2, 0) is 0 Å². The van der Waals surface area contributed by atoms with Crippen LogP contribution in [0.1, 0.15) is 72.1 Å². The van der Waals surface area contributed by atoms with Crippen molar-refractivity contribution in [3.8, 4) is 0 Å². The Labute approximate surface area is 97.0 Å². The molecule has 92 valence electrons. The molecule has 0 saturated carbocycles. The molecular formula is C14H31N. The molecule has 0 fully saturated rings. The van der Waals surface area contributed by atoms with Crippen molar-refractivity contribution in [3.05, 3.63) is 0 Å².